The van der Waals surface area contributed by atoms with E-state index in [0.717, 1.165) is 17.6 Å². The number of rotatable bonds is 5. The minimum absolute atomic E-state index is 0.293. The van der Waals surface area contributed by atoms with Gasteiger partial charge in [0.25, 0.3) is 0 Å². The van der Waals surface area contributed by atoms with Gasteiger partial charge in [0.05, 0.1) is 19.8 Å². The van der Waals surface area contributed by atoms with Crippen LogP contribution in [0, 0.1) is 0 Å². The van der Waals surface area contributed by atoms with Gasteiger partial charge in [0, 0.05) is 17.6 Å². The molecule has 1 aliphatic carbocycles. The molecule has 0 radical (unpaired) electrons. The van der Waals surface area contributed by atoms with Gasteiger partial charge in [-0.1, -0.05) is 94.5 Å². The molecule has 3 aromatic carbocycles. The lowest BCUT2D eigenvalue weighted by molar-refractivity contribution is 0.394. The Morgan fingerprint density at radius 1 is 0.794 bits per heavy atom. The predicted octanol–water partition coefficient (Wildman–Crippen LogP) is 9.16. The molecule has 2 nitrogen and oxygen atoms in total. The molecule has 1 saturated carbocycles. The van der Waals surface area contributed by atoms with Crippen molar-refractivity contribution >= 4 is 35.9 Å². The number of pyridine rings is 1. The van der Waals surface area contributed by atoms with Gasteiger partial charge >= 0.3 is 0 Å². The van der Waals surface area contributed by atoms with Crippen LogP contribution in [-0.2, 0) is 4.52 Å². The Hall–Kier alpha value is -2.28. The highest BCUT2D eigenvalue weighted by atomic mass is 31.1. The standard InChI is InChI=1S/C28H30NOP.C3H8/c1-2-30-31-27-17-16-22-18-23(20-10-5-3-4-6-11-20)19-26(28(22)29-27)25-15-9-13-21-12-7-8-14-24(21)25;1-3-2/h7-9,12-20,31H,2-6,10-11H2,1H3;3H2,1-2H3. The van der Waals surface area contributed by atoms with Crippen LogP contribution >= 0.6 is 8.81 Å². The first-order chi connectivity index (χ1) is 16.7. The first kappa shape index (κ1) is 24.8. The topological polar surface area (TPSA) is 22.1 Å². The minimum atomic E-state index is 0.293. The van der Waals surface area contributed by atoms with E-state index in [0.29, 0.717) is 14.7 Å². The molecule has 1 heterocycles. The van der Waals surface area contributed by atoms with Crippen LogP contribution in [-0.4, -0.2) is 11.6 Å². The van der Waals surface area contributed by atoms with Crippen LogP contribution in [0.1, 0.15) is 77.2 Å². The SMILES string of the molecule is CCC.CCOPc1ccc2cc(C3CCCCCC3)cc(-c3cccc4ccccc34)c2n1. The van der Waals surface area contributed by atoms with Crippen molar-refractivity contribution in [2.75, 3.05) is 6.61 Å². The molecule has 0 amide bonds. The smallest absolute Gasteiger partial charge is 0.0883 e. The average molecular weight is 472 g/mol. The fraction of sp³-hybridized carbons (Fsp3) is 0.387. The summed E-state index contributed by atoms with van der Waals surface area (Å²) >= 11 is 0. The van der Waals surface area contributed by atoms with Gasteiger partial charge < -0.3 is 4.52 Å². The number of hydrogen-bond acceptors (Lipinski definition) is 2. The van der Waals surface area contributed by atoms with Gasteiger partial charge in [0.2, 0.25) is 0 Å². The highest BCUT2D eigenvalue weighted by Crippen LogP contribution is 2.39. The molecule has 0 bridgehead atoms. The van der Waals surface area contributed by atoms with Crippen molar-refractivity contribution in [3.05, 3.63) is 72.3 Å². The van der Waals surface area contributed by atoms with Crippen LogP contribution < -0.4 is 5.44 Å². The van der Waals surface area contributed by atoms with Crippen LogP contribution in [0.4, 0.5) is 0 Å². The van der Waals surface area contributed by atoms with E-state index >= 15 is 0 Å². The van der Waals surface area contributed by atoms with E-state index in [-0.39, 0.29) is 0 Å². The van der Waals surface area contributed by atoms with Gasteiger partial charge in [-0.2, -0.15) is 0 Å². The molecule has 0 aliphatic heterocycles. The van der Waals surface area contributed by atoms with E-state index < -0.39 is 0 Å². The maximum absolute atomic E-state index is 5.68. The molecule has 0 saturated heterocycles. The Morgan fingerprint density at radius 2 is 1.53 bits per heavy atom. The van der Waals surface area contributed by atoms with E-state index in [4.69, 9.17) is 9.51 Å². The van der Waals surface area contributed by atoms with Gasteiger partial charge in [0.15, 0.2) is 0 Å². The minimum Gasteiger partial charge on any atom is -0.356 e. The number of aromatic nitrogens is 1. The van der Waals surface area contributed by atoms with E-state index in [1.54, 1.807) is 0 Å². The largest absolute Gasteiger partial charge is 0.356 e. The second-order valence-corrected chi connectivity index (χ2v) is 10.3. The normalized spacial score (nSPS) is 14.9. The number of hydrogen-bond donors (Lipinski definition) is 0. The van der Waals surface area contributed by atoms with Crippen molar-refractivity contribution in [2.45, 2.75) is 71.6 Å². The van der Waals surface area contributed by atoms with E-state index in [2.05, 4.69) is 80.6 Å². The van der Waals surface area contributed by atoms with Gasteiger partial charge in [-0.05, 0) is 65.8 Å². The summed E-state index contributed by atoms with van der Waals surface area (Å²) in [6, 6.07) is 24.6. The molecule has 1 atom stereocenters. The highest BCUT2D eigenvalue weighted by Gasteiger charge is 2.18. The molecule has 1 unspecified atom stereocenters. The molecule has 1 aromatic heterocycles. The maximum atomic E-state index is 5.68. The third-order valence-electron chi connectivity index (χ3n) is 6.54. The van der Waals surface area contributed by atoms with E-state index in [9.17, 15) is 0 Å². The molecule has 5 rings (SSSR count). The molecule has 3 heteroatoms. The zero-order valence-corrected chi connectivity index (χ0v) is 21.9. The fourth-order valence-electron chi connectivity index (χ4n) is 4.98. The molecule has 178 valence electrons. The lowest BCUT2D eigenvalue weighted by Gasteiger charge is -2.19. The van der Waals surface area contributed by atoms with Crippen LogP contribution in [0.2, 0.25) is 0 Å². The fourth-order valence-corrected chi connectivity index (χ4v) is 5.58. The van der Waals surface area contributed by atoms with Crippen molar-refractivity contribution in [1.29, 1.82) is 0 Å². The summed E-state index contributed by atoms with van der Waals surface area (Å²) in [7, 11) is 0.293. The molecule has 1 fully saturated rings. The van der Waals surface area contributed by atoms with E-state index in [1.165, 1.54) is 77.8 Å². The highest BCUT2D eigenvalue weighted by molar-refractivity contribution is 7.41. The zero-order chi connectivity index (χ0) is 23.8. The van der Waals surface area contributed by atoms with Crippen LogP contribution in [0.3, 0.4) is 0 Å². The summed E-state index contributed by atoms with van der Waals surface area (Å²) in [6.07, 6.45) is 9.31. The number of nitrogens with zero attached hydrogens (tertiary/aromatic N) is 1. The zero-order valence-electron chi connectivity index (χ0n) is 20.9. The van der Waals surface area contributed by atoms with Crippen LogP contribution in [0.5, 0.6) is 0 Å². The van der Waals surface area contributed by atoms with E-state index in [1.807, 2.05) is 6.92 Å². The summed E-state index contributed by atoms with van der Waals surface area (Å²) in [5, 5.41) is 3.82. The Labute approximate surface area is 207 Å². The number of benzene rings is 3. The summed E-state index contributed by atoms with van der Waals surface area (Å²) in [6.45, 7) is 7.00. The molecule has 4 aromatic rings. The molecule has 0 N–H and O–H groups in total. The molecular weight excluding hydrogens is 433 g/mol. The summed E-state index contributed by atoms with van der Waals surface area (Å²) in [4.78, 5) is 5.09. The van der Waals surface area contributed by atoms with Gasteiger partial charge in [0.1, 0.15) is 0 Å². The lowest BCUT2D eigenvalue weighted by Crippen LogP contribution is -2.04. The molecule has 34 heavy (non-hydrogen) atoms. The Kier molecular flexibility index (Phi) is 9.08. The van der Waals surface area contributed by atoms with Crippen molar-refractivity contribution in [2.24, 2.45) is 0 Å². The third kappa shape index (κ3) is 5.85. The second kappa shape index (κ2) is 12.4. The summed E-state index contributed by atoms with van der Waals surface area (Å²) in [5.74, 6) is 0.658. The quantitative estimate of drug-likeness (QED) is 0.214. The lowest BCUT2D eigenvalue weighted by atomic mass is 9.87. The van der Waals surface area contributed by atoms with Crippen molar-refractivity contribution < 1.29 is 4.52 Å². The van der Waals surface area contributed by atoms with Crippen molar-refractivity contribution in [3.63, 3.8) is 0 Å². The van der Waals surface area contributed by atoms with Gasteiger partial charge in [-0.3, -0.25) is 0 Å². The molecule has 1 aliphatic rings. The predicted molar refractivity (Wildman–Crippen MR) is 151 cm³/mol. The van der Waals surface area contributed by atoms with Crippen molar-refractivity contribution in [1.82, 2.24) is 4.98 Å². The Balaban J connectivity index is 0.000000868. The summed E-state index contributed by atoms with van der Waals surface area (Å²) in [5.41, 5.74) is 6.15. The van der Waals surface area contributed by atoms with Gasteiger partial charge in [-0.15, -0.1) is 0 Å². The van der Waals surface area contributed by atoms with Crippen LogP contribution in [0.25, 0.3) is 32.8 Å². The second-order valence-electron chi connectivity index (χ2n) is 9.29. The summed E-state index contributed by atoms with van der Waals surface area (Å²) < 4.78 is 5.68. The number of fused-ring (bicyclic) bond motifs is 2. The Bertz CT molecular complexity index is 1210. The van der Waals surface area contributed by atoms with Crippen molar-refractivity contribution in [3.8, 4) is 11.1 Å². The van der Waals surface area contributed by atoms with Crippen LogP contribution in [0.15, 0.2) is 66.7 Å². The third-order valence-corrected chi connectivity index (χ3v) is 7.46. The average Bonchev–Trinajstić information content (AvgIpc) is 3.17. The molecular formula is C31H38NOP. The maximum Gasteiger partial charge on any atom is 0.0883 e. The van der Waals surface area contributed by atoms with Gasteiger partial charge in [-0.25, -0.2) is 4.98 Å². The first-order valence-corrected chi connectivity index (χ1v) is 14.0. The first-order valence-electron chi connectivity index (χ1n) is 13.1. The molecule has 0 spiro atoms. The monoisotopic (exact) mass is 471 g/mol. The Morgan fingerprint density at radius 3 is 2.29 bits per heavy atom.